The Hall–Kier alpha value is -2.63. The second kappa shape index (κ2) is 9.01. The summed E-state index contributed by atoms with van der Waals surface area (Å²) in [5, 5.41) is 12.4. The third kappa shape index (κ3) is 5.45. The van der Waals surface area contributed by atoms with Crippen molar-refractivity contribution in [2.24, 2.45) is 0 Å². The van der Waals surface area contributed by atoms with Crippen molar-refractivity contribution in [2.45, 2.75) is 39.0 Å². The molecule has 0 bridgehead atoms. The first kappa shape index (κ1) is 18.7. The number of aliphatic carboxylic acids is 1. The number of carbonyl (C=O) groups is 2. The van der Waals surface area contributed by atoms with Gasteiger partial charge in [0.25, 0.3) is 5.91 Å². The summed E-state index contributed by atoms with van der Waals surface area (Å²) in [4.78, 5) is 27.3. The minimum Gasteiger partial charge on any atom is -0.497 e. The number of carboxylic acids is 1. The van der Waals surface area contributed by atoms with Crippen molar-refractivity contribution in [2.75, 3.05) is 13.7 Å². The van der Waals surface area contributed by atoms with Gasteiger partial charge in [0, 0.05) is 24.4 Å². The predicted molar refractivity (Wildman–Crippen MR) is 96.1 cm³/mol. The van der Waals surface area contributed by atoms with Crippen molar-refractivity contribution in [3.8, 4) is 5.75 Å². The van der Waals surface area contributed by atoms with Crippen LogP contribution in [0, 0.1) is 6.92 Å². The van der Waals surface area contributed by atoms with Crippen LogP contribution < -0.4 is 10.1 Å². The number of aromatic nitrogens is 1. The van der Waals surface area contributed by atoms with Crippen molar-refractivity contribution in [3.63, 3.8) is 0 Å². The molecule has 0 spiro atoms. The Morgan fingerprint density at radius 1 is 1.16 bits per heavy atom. The normalized spacial score (nSPS) is 10.6. The van der Waals surface area contributed by atoms with Crippen molar-refractivity contribution >= 4 is 22.8 Å². The lowest BCUT2D eigenvalue weighted by Gasteiger charge is -2.09. The summed E-state index contributed by atoms with van der Waals surface area (Å²) in [5.74, 6) is -0.155. The monoisotopic (exact) mass is 344 g/mol. The molecule has 2 aromatic rings. The van der Waals surface area contributed by atoms with Gasteiger partial charge in [-0.1, -0.05) is 12.8 Å². The highest BCUT2D eigenvalue weighted by Gasteiger charge is 2.11. The Morgan fingerprint density at radius 3 is 2.64 bits per heavy atom. The van der Waals surface area contributed by atoms with Gasteiger partial charge in [-0.2, -0.15) is 0 Å². The molecule has 1 heterocycles. The van der Waals surface area contributed by atoms with Crippen molar-refractivity contribution in [1.29, 1.82) is 0 Å². The van der Waals surface area contributed by atoms with Crippen LogP contribution in [-0.2, 0) is 4.79 Å². The molecule has 1 amide bonds. The number of amides is 1. The van der Waals surface area contributed by atoms with Crippen LogP contribution in [0.2, 0.25) is 0 Å². The number of carboxylic acid groups (broad SMARTS) is 1. The van der Waals surface area contributed by atoms with E-state index in [0.29, 0.717) is 24.2 Å². The van der Waals surface area contributed by atoms with Gasteiger partial charge in [-0.25, -0.2) is 0 Å². The number of methoxy groups -OCH3 is 1. The summed E-state index contributed by atoms with van der Waals surface area (Å²) in [6, 6.07) is 7.43. The number of hydrogen-bond donors (Lipinski definition) is 2. The predicted octanol–water partition coefficient (Wildman–Crippen LogP) is 3.32. The fourth-order valence-electron chi connectivity index (χ4n) is 2.65. The first-order valence-corrected chi connectivity index (χ1v) is 8.46. The van der Waals surface area contributed by atoms with E-state index in [1.165, 1.54) is 0 Å². The first-order valence-electron chi connectivity index (χ1n) is 8.46. The molecule has 0 unspecified atom stereocenters. The molecule has 0 saturated carbocycles. The molecule has 0 aliphatic carbocycles. The lowest BCUT2D eigenvalue weighted by atomic mass is 10.1. The highest BCUT2D eigenvalue weighted by molar-refractivity contribution is 5.98. The zero-order valence-electron chi connectivity index (χ0n) is 14.7. The number of unbranched alkanes of at least 4 members (excludes halogenated alkanes) is 3. The largest absolute Gasteiger partial charge is 0.497 e. The van der Waals surface area contributed by atoms with Crippen LogP contribution >= 0.6 is 0 Å². The fourth-order valence-corrected chi connectivity index (χ4v) is 2.65. The number of nitrogens with zero attached hydrogens (tertiary/aromatic N) is 1. The SMILES string of the molecule is COc1ccc2cc(C(=O)NCCCCCCC(=O)O)c(C)nc2c1. The van der Waals surface area contributed by atoms with Crippen LogP contribution in [0.25, 0.3) is 10.9 Å². The average molecular weight is 344 g/mol. The van der Waals surface area contributed by atoms with E-state index in [4.69, 9.17) is 9.84 Å². The van der Waals surface area contributed by atoms with Gasteiger partial charge in [0.15, 0.2) is 0 Å². The Morgan fingerprint density at radius 2 is 1.92 bits per heavy atom. The number of hydrogen-bond acceptors (Lipinski definition) is 4. The van der Waals surface area contributed by atoms with Crippen molar-refractivity contribution in [1.82, 2.24) is 10.3 Å². The maximum absolute atomic E-state index is 12.4. The van der Waals surface area contributed by atoms with E-state index in [2.05, 4.69) is 10.3 Å². The van der Waals surface area contributed by atoms with Crippen molar-refractivity contribution in [3.05, 3.63) is 35.5 Å². The lowest BCUT2D eigenvalue weighted by Crippen LogP contribution is -2.25. The second-order valence-electron chi connectivity index (χ2n) is 5.99. The topological polar surface area (TPSA) is 88.5 Å². The van der Waals surface area contributed by atoms with E-state index in [1.54, 1.807) is 7.11 Å². The third-order valence-corrected chi connectivity index (χ3v) is 4.06. The number of carbonyl (C=O) groups excluding carboxylic acids is 1. The summed E-state index contributed by atoms with van der Waals surface area (Å²) in [7, 11) is 1.61. The molecule has 0 saturated heterocycles. The van der Waals surface area contributed by atoms with Crippen LogP contribution in [-0.4, -0.2) is 35.6 Å². The van der Waals surface area contributed by atoms with Gasteiger partial charge >= 0.3 is 5.97 Å². The Kier molecular flexibility index (Phi) is 6.74. The number of rotatable bonds is 9. The molecule has 1 aromatic heterocycles. The van der Waals surface area contributed by atoms with E-state index in [-0.39, 0.29) is 12.3 Å². The molecular weight excluding hydrogens is 320 g/mol. The third-order valence-electron chi connectivity index (χ3n) is 4.06. The maximum Gasteiger partial charge on any atom is 0.303 e. The van der Waals surface area contributed by atoms with Gasteiger partial charge in [-0.15, -0.1) is 0 Å². The molecule has 6 heteroatoms. The number of fused-ring (bicyclic) bond motifs is 1. The van der Waals surface area contributed by atoms with Crippen LogP contribution in [0.5, 0.6) is 5.75 Å². The summed E-state index contributed by atoms with van der Waals surface area (Å²) < 4.78 is 5.19. The Bertz CT molecular complexity index is 758. The smallest absolute Gasteiger partial charge is 0.303 e. The summed E-state index contributed by atoms with van der Waals surface area (Å²) in [6.45, 7) is 2.39. The molecule has 0 aliphatic heterocycles. The van der Waals surface area contributed by atoms with Crippen LogP contribution in [0.3, 0.4) is 0 Å². The van der Waals surface area contributed by atoms with Gasteiger partial charge < -0.3 is 15.2 Å². The lowest BCUT2D eigenvalue weighted by molar-refractivity contribution is -0.137. The Labute approximate surface area is 147 Å². The highest BCUT2D eigenvalue weighted by atomic mass is 16.5. The quantitative estimate of drug-likeness (QED) is 0.681. The molecule has 0 radical (unpaired) electrons. The highest BCUT2D eigenvalue weighted by Crippen LogP contribution is 2.21. The minimum atomic E-state index is -0.759. The number of aryl methyl sites for hydroxylation is 1. The number of pyridine rings is 1. The number of nitrogens with one attached hydrogen (secondary N) is 1. The maximum atomic E-state index is 12.4. The van der Waals surface area contributed by atoms with E-state index < -0.39 is 5.97 Å². The summed E-state index contributed by atoms with van der Waals surface area (Å²) >= 11 is 0. The average Bonchev–Trinajstić information content (AvgIpc) is 2.59. The van der Waals surface area contributed by atoms with Crippen LogP contribution in [0.15, 0.2) is 24.3 Å². The molecule has 0 atom stereocenters. The zero-order valence-corrected chi connectivity index (χ0v) is 14.7. The molecule has 2 N–H and O–H groups in total. The van der Waals surface area contributed by atoms with Gasteiger partial charge in [-0.3, -0.25) is 14.6 Å². The van der Waals surface area contributed by atoms with Crippen molar-refractivity contribution < 1.29 is 19.4 Å². The molecule has 2 rings (SSSR count). The minimum absolute atomic E-state index is 0.131. The molecule has 25 heavy (non-hydrogen) atoms. The van der Waals surface area contributed by atoms with Gasteiger partial charge in [0.05, 0.1) is 23.9 Å². The second-order valence-corrected chi connectivity index (χ2v) is 5.99. The van der Waals surface area contributed by atoms with Gasteiger partial charge in [0.2, 0.25) is 0 Å². The van der Waals surface area contributed by atoms with Crippen LogP contribution in [0.4, 0.5) is 0 Å². The first-order chi connectivity index (χ1) is 12.0. The Balaban J connectivity index is 1.89. The summed E-state index contributed by atoms with van der Waals surface area (Å²) in [6.07, 6.45) is 3.49. The van der Waals surface area contributed by atoms with E-state index in [0.717, 1.165) is 35.9 Å². The number of ether oxygens (including phenoxy) is 1. The summed E-state index contributed by atoms with van der Waals surface area (Å²) in [5.41, 5.74) is 2.05. The molecule has 1 aromatic carbocycles. The van der Waals surface area contributed by atoms with E-state index in [9.17, 15) is 9.59 Å². The molecule has 0 aliphatic rings. The molecule has 6 nitrogen and oxygen atoms in total. The molecule has 0 fully saturated rings. The standard InChI is InChI=1S/C19H24N2O4/c1-13-16(11-14-8-9-15(25-2)12-17(14)21-13)19(24)20-10-6-4-3-5-7-18(22)23/h8-9,11-12H,3-7,10H2,1-2H3,(H,20,24)(H,22,23). The van der Waals surface area contributed by atoms with Gasteiger partial charge in [0.1, 0.15) is 5.75 Å². The van der Waals surface area contributed by atoms with Crippen LogP contribution in [0.1, 0.15) is 48.2 Å². The number of benzene rings is 1. The van der Waals surface area contributed by atoms with E-state index >= 15 is 0 Å². The van der Waals surface area contributed by atoms with E-state index in [1.807, 2.05) is 31.2 Å². The molecular formula is C19H24N2O4. The van der Waals surface area contributed by atoms with Gasteiger partial charge in [-0.05, 0) is 38.0 Å². The zero-order chi connectivity index (χ0) is 18.2. The fraction of sp³-hybridized carbons (Fsp3) is 0.421. The molecule has 134 valence electrons.